The molecule has 0 radical (unpaired) electrons. The molecule has 1 N–H and O–H groups in total. The van der Waals surface area contributed by atoms with Crippen LogP contribution in [-0.2, 0) is 9.53 Å². The first kappa shape index (κ1) is 11.3. The first-order valence-electron chi connectivity index (χ1n) is 3.49. The van der Waals surface area contributed by atoms with E-state index in [4.69, 9.17) is 5.11 Å². The highest BCUT2D eigenvalue weighted by Gasteiger charge is 2.31. The van der Waals surface area contributed by atoms with Crippen LogP contribution in [0.15, 0.2) is 0 Å². The topological polar surface area (TPSA) is 63.6 Å². The van der Waals surface area contributed by atoms with Crippen LogP contribution in [0.1, 0.15) is 20.8 Å². The van der Waals surface area contributed by atoms with Crippen LogP contribution >= 0.6 is 11.8 Å². The average molecular weight is 192 g/mol. The maximum Gasteiger partial charge on any atom is 0.368 e. The zero-order chi connectivity index (χ0) is 9.78. The number of thioether (sulfide) groups is 1. The van der Waals surface area contributed by atoms with Gasteiger partial charge in [-0.3, -0.25) is 0 Å². The molecule has 0 aromatic rings. The van der Waals surface area contributed by atoms with Gasteiger partial charge in [0.2, 0.25) is 5.60 Å². The van der Waals surface area contributed by atoms with Gasteiger partial charge < -0.3 is 9.84 Å². The van der Waals surface area contributed by atoms with Gasteiger partial charge in [0.1, 0.15) is 0 Å². The molecule has 0 fully saturated rings. The summed E-state index contributed by atoms with van der Waals surface area (Å²) < 4.78 is 4.66. The molecule has 0 aliphatic carbocycles. The Kier molecular flexibility index (Phi) is 4.09. The van der Waals surface area contributed by atoms with E-state index < -0.39 is 16.9 Å². The SMILES string of the molecule is CCSC(=O)OC(C)(C)C(=O)O. The van der Waals surface area contributed by atoms with Gasteiger partial charge in [-0.05, 0) is 25.6 Å². The minimum absolute atomic E-state index is 0.551. The lowest BCUT2D eigenvalue weighted by molar-refractivity contribution is -0.154. The van der Waals surface area contributed by atoms with Crippen molar-refractivity contribution in [2.45, 2.75) is 26.4 Å². The van der Waals surface area contributed by atoms with Crippen molar-refractivity contribution in [2.24, 2.45) is 0 Å². The third-order valence-corrected chi connectivity index (χ3v) is 1.72. The predicted octanol–water partition coefficient (Wildman–Crippen LogP) is 1.74. The Balaban J connectivity index is 4.06. The third-order valence-electron chi connectivity index (χ3n) is 1.12. The Bertz CT molecular complexity index is 188. The van der Waals surface area contributed by atoms with Crippen molar-refractivity contribution in [1.82, 2.24) is 0 Å². The number of carbonyl (C=O) groups is 2. The third kappa shape index (κ3) is 3.61. The lowest BCUT2D eigenvalue weighted by Gasteiger charge is -2.18. The van der Waals surface area contributed by atoms with Crippen molar-refractivity contribution in [3.63, 3.8) is 0 Å². The van der Waals surface area contributed by atoms with E-state index in [1.54, 1.807) is 6.92 Å². The molecule has 0 spiro atoms. The smallest absolute Gasteiger partial charge is 0.368 e. The van der Waals surface area contributed by atoms with E-state index in [1.165, 1.54) is 13.8 Å². The summed E-state index contributed by atoms with van der Waals surface area (Å²) in [5.41, 5.74) is -1.43. The van der Waals surface area contributed by atoms with Gasteiger partial charge in [-0.25, -0.2) is 9.59 Å². The van der Waals surface area contributed by atoms with E-state index in [9.17, 15) is 9.59 Å². The Morgan fingerprint density at radius 1 is 1.50 bits per heavy atom. The average Bonchev–Trinajstić information content (AvgIpc) is 1.85. The second-order valence-electron chi connectivity index (χ2n) is 2.60. The highest BCUT2D eigenvalue weighted by Crippen LogP contribution is 2.15. The normalized spacial score (nSPS) is 10.9. The minimum atomic E-state index is -1.43. The van der Waals surface area contributed by atoms with E-state index in [-0.39, 0.29) is 0 Å². The molecular formula is C7H12O4S. The molecule has 0 aliphatic rings. The number of carboxylic acid groups (broad SMARTS) is 1. The van der Waals surface area contributed by atoms with Crippen LogP contribution < -0.4 is 0 Å². The van der Waals surface area contributed by atoms with E-state index in [0.717, 1.165) is 11.8 Å². The molecule has 70 valence electrons. The zero-order valence-electron chi connectivity index (χ0n) is 7.29. The molecule has 4 nitrogen and oxygen atoms in total. The maximum atomic E-state index is 10.8. The lowest BCUT2D eigenvalue weighted by Crippen LogP contribution is -2.35. The highest BCUT2D eigenvalue weighted by molar-refractivity contribution is 8.13. The molecule has 0 saturated heterocycles. The van der Waals surface area contributed by atoms with Crippen LogP contribution in [0, 0.1) is 0 Å². The maximum absolute atomic E-state index is 10.8. The number of rotatable bonds is 3. The largest absolute Gasteiger partial charge is 0.478 e. The molecule has 0 saturated carbocycles. The Hall–Kier alpha value is -0.710. The van der Waals surface area contributed by atoms with Gasteiger partial charge in [-0.1, -0.05) is 6.92 Å². The molecule has 0 aromatic heterocycles. The van der Waals surface area contributed by atoms with E-state index in [1.807, 2.05) is 0 Å². The van der Waals surface area contributed by atoms with Crippen molar-refractivity contribution in [1.29, 1.82) is 0 Å². The summed E-state index contributed by atoms with van der Waals surface area (Å²) in [6.45, 7) is 4.46. The first-order valence-corrected chi connectivity index (χ1v) is 4.48. The fourth-order valence-electron chi connectivity index (χ4n) is 0.399. The summed E-state index contributed by atoms with van der Waals surface area (Å²) in [6.07, 6.45) is 0. The lowest BCUT2D eigenvalue weighted by atomic mass is 10.1. The van der Waals surface area contributed by atoms with Gasteiger partial charge in [0.15, 0.2) is 0 Å². The minimum Gasteiger partial charge on any atom is -0.478 e. The number of hydrogen-bond donors (Lipinski definition) is 1. The second-order valence-corrected chi connectivity index (χ2v) is 3.80. The quantitative estimate of drug-likeness (QED) is 0.690. The summed E-state index contributed by atoms with van der Waals surface area (Å²) in [5.74, 6) is -0.568. The van der Waals surface area contributed by atoms with E-state index in [2.05, 4.69) is 4.74 Å². The van der Waals surface area contributed by atoms with Crippen LogP contribution in [0.25, 0.3) is 0 Å². The first-order chi connectivity index (χ1) is 5.40. The number of carboxylic acids is 1. The molecule has 0 unspecified atom stereocenters. The van der Waals surface area contributed by atoms with Crippen molar-refractivity contribution in [3.8, 4) is 0 Å². The molecule has 0 rings (SSSR count). The fraction of sp³-hybridized carbons (Fsp3) is 0.714. The standard InChI is InChI=1S/C7H12O4S/c1-4-12-6(10)11-7(2,3)5(8)9/h4H2,1-3H3,(H,8,9). The monoisotopic (exact) mass is 192 g/mol. The number of aliphatic carboxylic acids is 1. The molecule has 12 heavy (non-hydrogen) atoms. The summed E-state index contributed by atoms with van der Waals surface area (Å²) in [7, 11) is 0. The van der Waals surface area contributed by atoms with Crippen molar-refractivity contribution < 1.29 is 19.4 Å². The molecule has 0 atom stereocenters. The van der Waals surface area contributed by atoms with Crippen LogP contribution in [0.4, 0.5) is 4.79 Å². The van der Waals surface area contributed by atoms with Crippen LogP contribution in [-0.4, -0.2) is 27.7 Å². The molecule has 5 heteroatoms. The zero-order valence-corrected chi connectivity index (χ0v) is 8.10. The van der Waals surface area contributed by atoms with E-state index in [0.29, 0.717) is 5.75 Å². The fourth-order valence-corrected chi connectivity index (χ4v) is 0.902. The van der Waals surface area contributed by atoms with Gasteiger partial charge in [0.25, 0.3) is 0 Å². The van der Waals surface area contributed by atoms with Crippen LogP contribution in [0.2, 0.25) is 0 Å². The van der Waals surface area contributed by atoms with Gasteiger partial charge in [-0.2, -0.15) is 0 Å². The van der Waals surface area contributed by atoms with Gasteiger partial charge in [-0.15, -0.1) is 0 Å². The summed E-state index contributed by atoms with van der Waals surface area (Å²) in [6, 6.07) is 0. The Morgan fingerprint density at radius 3 is 2.33 bits per heavy atom. The van der Waals surface area contributed by atoms with Crippen LogP contribution in [0.5, 0.6) is 0 Å². The molecule has 0 bridgehead atoms. The molecular weight excluding hydrogens is 180 g/mol. The highest BCUT2D eigenvalue weighted by atomic mass is 32.2. The van der Waals surface area contributed by atoms with Gasteiger partial charge >= 0.3 is 11.3 Å². The summed E-state index contributed by atoms with van der Waals surface area (Å²) in [5, 5.41) is 8.02. The van der Waals surface area contributed by atoms with Crippen molar-refractivity contribution >= 4 is 23.0 Å². The van der Waals surface area contributed by atoms with Crippen molar-refractivity contribution in [3.05, 3.63) is 0 Å². The molecule has 0 amide bonds. The number of carbonyl (C=O) groups excluding carboxylic acids is 1. The van der Waals surface area contributed by atoms with E-state index >= 15 is 0 Å². The van der Waals surface area contributed by atoms with Gasteiger partial charge in [0.05, 0.1) is 0 Å². The van der Waals surface area contributed by atoms with Gasteiger partial charge in [0, 0.05) is 5.75 Å². The number of ether oxygens (including phenoxy) is 1. The summed E-state index contributed by atoms with van der Waals surface area (Å²) in [4.78, 5) is 21.3. The second kappa shape index (κ2) is 4.35. The Morgan fingerprint density at radius 2 is 2.00 bits per heavy atom. The van der Waals surface area contributed by atoms with Crippen LogP contribution in [0.3, 0.4) is 0 Å². The molecule has 0 aromatic carbocycles. The number of hydrogen-bond acceptors (Lipinski definition) is 4. The van der Waals surface area contributed by atoms with Crippen molar-refractivity contribution in [2.75, 3.05) is 5.75 Å². The molecule has 0 heterocycles. The molecule has 0 aliphatic heterocycles. The Labute approximate surface area is 75.3 Å². The summed E-state index contributed by atoms with van der Waals surface area (Å²) >= 11 is 0.951. The predicted molar refractivity (Wildman–Crippen MR) is 46.3 cm³/mol.